The molecule has 8 nitrogen and oxygen atoms in total. The van der Waals surface area contributed by atoms with E-state index in [-0.39, 0.29) is 17.9 Å². The van der Waals surface area contributed by atoms with Crippen molar-refractivity contribution in [1.82, 2.24) is 0 Å². The molecule has 1 atom stereocenters. The molecule has 1 aromatic carbocycles. The third-order valence-electron chi connectivity index (χ3n) is 2.71. The van der Waals surface area contributed by atoms with Crippen molar-refractivity contribution in [3.63, 3.8) is 0 Å². The average molecular weight is 269 g/mol. The zero-order valence-electron chi connectivity index (χ0n) is 10.1. The lowest BCUT2D eigenvalue weighted by molar-refractivity contribution is -0.383. The van der Waals surface area contributed by atoms with E-state index < -0.39 is 17.6 Å². The molecule has 1 unspecified atom stereocenters. The molecule has 0 fully saturated rings. The Hall–Kier alpha value is -2.06. The third kappa shape index (κ3) is 3.04. The van der Waals surface area contributed by atoms with E-state index in [1.807, 2.05) is 0 Å². The zero-order valence-corrected chi connectivity index (χ0v) is 10.1. The Balaban J connectivity index is 2.26. The molecule has 0 aliphatic carbocycles. The van der Waals surface area contributed by atoms with E-state index in [2.05, 4.69) is 10.6 Å². The number of anilines is 2. The van der Waals surface area contributed by atoms with Crippen molar-refractivity contribution in [2.45, 2.75) is 6.10 Å². The van der Waals surface area contributed by atoms with E-state index in [0.717, 1.165) is 0 Å². The molecule has 104 valence electrons. The van der Waals surface area contributed by atoms with Crippen LogP contribution in [0.2, 0.25) is 0 Å². The second-order valence-corrected chi connectivity index (χ2v) is 4.12. The van der Waals surface area contributed by atoms with Gasteiger partial charge in [0.1, 0.15) is 18.0 Å². The van der Waals surface area contributed by atoms with E-state index in [4.69, 9.17) is 9.84 Å². The molecule has 4 N–H and O–H groups in total. The highest BCUT2D eigenvalue weighted by molar-refractivity contribution is 5.74. The number of ether oxygens (including phenoxy) is 1. The summed E-state index contributed by atoms with van der Waals surface area (Å²) in [5, 5.41) is 34.7. The van der Waals surface area contributed by atoms with Gasteiger partial charge < -0.3 is 25.6 Å². The van der Waals surface area contributed by atoms with Gasteiger partial charge in [0, 0.05) is 25.2 Å². The smallest absolute Gasteiger partial charge is 0.294 e. The van der Waals surface area contributed by atoms with Crippen molar-refractivity contribution in [1.29, 1.82) is 0 Å². The fourth-order valence-electron chi connectivity index (χ4n) is 1.76. The monoisotopic (exact) mass is 269 g/mol. The third-order valence-corrected chi connectivity index (χ3v) is 2.71. The number of aliphatic hydroxyl groups excluding tert-OH is 2. The van der Waals surface area contributed by atoms with Crippen molar-refractivity contribution in [3.8, 4) is 5.75 Å². The van der Waals surface area contributed by atoms with Gasteiger partial charge in [-0.3, -0.25) is 10.1 Å². The molecule has 2 rings (SSSR count). The number of nitrogens with one attached hydrogen (secondary N) is 2. The first kappa shape index (κ1) is 13.4. The Morgan fingerprint density at radius 1 is 1.58 bits per heavy atom. The summed E-state index contributed by atoms with van der Waals surface area (Å²) in [6, 6.07) is 2.91. The van der Waals surface area contributed by atoms with Crippen molar-refractivity contribution in [2.75, 3.05) is 36.9 Å². The fourth-order valence-corrected chi connectivity index (χ4v) is 1.76. The number of benzene rings is 1. The summed E-state index contributed by atoms with van der Waals surface area (Å²) >= 11 is 0. The second-order valence-electron chi connectivity index (χ2n) is 4.12. The van der Waals surface area contributed by atoms with E-state index in [1.165, 1.54) is 12.1 Å². The van der Waals surface area contributed by atoms with E-state index in [0.29, 0.717) is 24.6 Å². The number of nitro benzene ring substituents is 1. The number of hydrogen-bond donors (Lipinski definition) is 4. The Morgan fingerprint density at radius 2 is 2.37 bits per heavy atom. The van der Waals surface area contributed by atoms with Crippen LogP contribution < -0.4 is 15.4 Å². The minimum Gasteiger partial charge on any atom is -0.489 e. The number of aliphatic hydroxyl groups is 2. The van der Waals surface area contributed by atoms with Gasteiger partial charge in [-0.05, 0) is 0 Å². The van der Waals surface area contributed by atoms with Gasteiger partial charge in [0.15, 0.2) is 0 Å². The van der Waals surface area contributed by atoms with Crippen LogP contribution in [0, 0.1) is 10.1 Å². The minimum absolute atomic E-state index is 0.0174. The molecular weight excluding hydrogens is 254 g/mol. The highest BCUT2D eigenvalue weighted by Crippen LogP contribution is 2.37. The van der Waals surface area contributed by atoms with Crippen LogP contribution in [0.15, 0.2) is 12.1 Å². The van der Waals surface area contributed by atoms with Gasteiger partial charge in [0.05, 0.1) is 23.3 Å². The molecule has 1 aliphatic rings. The molecule has 0 bridgehead atoms. The normalized spacial score (nSPS) is 14.8. The molecule has 0 amide bonds. The molecule has 8 heteroatoms. The standard InChI is InChI=1S/C11H15N3O5/c15-6-7(16)5-13-8-4-11-9(12-1-2-19-11)3-10(8)14(17)18/h3-4,7,12-13,15-16H,1-2,5-6H2. The SMILES string of the molecule is O=[N+]([O-])c1cc2c(cc1NCC(O)CO)OCCN2. The van der Waals surface area contributed by atoms with Crippen molar-refractivity contribution in [3.05, 3.63) is 22.2 Å². The van der Waals surface area contributed by atoms with Crippen LogP contribution in [0.5, 0.6) is 5.75 Å². The molecule has 1 aromatic rings. The van der Waals surface area contributed by atoms with Crippen molar-refractivity contribution >= 4 is 17.1 Å². The molecule has 0 radical (unpaired) electrons. The van der Waals surface area contributed by atoms with E-state index in [1.54, 1.807) is 0 Å². The molecule has 0 spiro atoms. The largest absolute Gasteiger partial charge is 0.489 e. The topological polar surface area (TPSA) is 117 Å². The van der Waals surface area contributed by atoms with E-state index in [9.17, 15) is 15.2 Å². The summed E-state index contributed by atoms with van der Waals surface area (Å²) < 4.78 is 5.39. The average Bonchev–Trinajstić information content (AvgIpc) is 2.43. The van der Waals surface area contributed by atoms with E-state index >= 15 is 0 Å². The van der Waals surface area contributed by atoms with Crippen LogP contribution in [0.25, 0.3) is 0 Å². The Labute approximate surface area is 109 Å². The minimum atomic E-state index is -0.977. The molecule has 1 aliphatic heterocycles. The molecule has 0 saturated carbocycles. The first-order chi connectivity index (χ1) is 9.11. The number of nitro groups is 1. The summed E-state index contributed by atoms with van der Waals surface area (Å²) in [6.07, 6.45) is -0.977. The number of hydrogen-bond acceptors (Lipinski definition) is 7. The maximum atomic E-state index is 11.0. The van der Waals surface area contributed by atoms with Crippen LogP contribution in [-0.2, 0) is 0 Å². The Bertz CT molecular complexity index is 480. The van der Waals surface area contributed by atoms with Gasteiger partial charge in [0.2, 0.25) is 0 Å². The fraction of sp³-hybridized carbons (Fsp3) is 0.455. The number of fused-ring (bicyclic) bond motifs is 1. The summed E-state index contributed by atoms with van der Waals surface area (Å²) in [6.45, 7) is 0.691. The maximum absolute atomic E-state index is 11.0. The van der Waals surface area contributed by atoms with Gasteiger partial charge >= 0.3 is 0 Å². The number of nitrogens with zero attached hydrogens (tertiary/aromatic N) is 1. The van der Waals surface area contributed by atoms with Crippen LogP contribution in [0.4, 0.5) is 17.1 Å². The molecule has 0 saturated heterocycles. The lowest BCUT2D eigenvalue weighted by Crippen LogP contribution is -2.24. The zero-order chi connectivity index (χ0) is 13.8. The molecule has 1 heterocycles. The lowest BCUT2D eigenvalue weighted by Gasteiger charge is -2.20. The summed E-state index contributed by atoms with van der Waals surface area (Å²) in [4.78, 5) is 10.5. The summed E-state index contributed by atoms with van der Waals surface area (Å²) in [5.74, 6) is 0.526. The van der Waals surface area contributed by atoms with Crippen molar-refractivity contribution in [2.24, 2.45) is 0 Å². The Morgan fingerprint density at radius 3 is 3.05 bits per heavy atom. The summed E-state index contributed by atoms with van der Waals surface area (Å²) in [7, 11) is 0. The first-order valence-electron chi connectivity index (χ1n) is 5.83. The summed E-state index contributed by atoms with van der Waals surface area (Å²) in [5.41, 5.74) is 0.716. The highest BCUT2D eigenvalue weighted by atomic mass is 16.6. The van der Waals surface area contributed by atoms with Crippen LogP contribution in [-0.4, -0.2) is 47.5 Å². The van der Waals surface area contributed by atoms with Gasteiger partial charge in [-0.1, -0.05) is 0 Å². The van der Waals surface area contributed by atoms with Gasteiger partial charge in [0.25, 0.3) is 5.69 Å². The van der Waals surface area contributed by atoms with Gasteiger partial charge in [-0.15, -0.1) is 0 Å². The van der Waals surface area contributed by atoms with Crippen molar-refractivity contribution < 1.29 is 19.9 Å². The number of rotatable bonds is 5. The van der Waals surface area contributed by atoms with Crippen LogP contribution in [0.1, 0.15) is 0 Å². The Kier molecular flexibility index (Phi) is 4.03. The van der Waals surface area contributed by atoms with Gasteiger partial charge in [-0.2, -0.15) is 0 Å². The predicted octanol–water partition coefficient (Wildman–Crippen LogP) is 0.164. The quantitative estimate of drug-likeness (QED) is 0.444. The first-order valence-corrected chi connectivity index (χ1v) is 5.83. The van der Waals surface area contributed by atoms with Crippen LogP contribution in [0.3, 0.4) is 0 Å². The maximum Gasteiger partial charge on any atom is 0.294 e. The lowest BCUT2D eigenvalue weighted by atomic mass is 10.2. The second kappa shape index (κ2) is 5.72. The van der Waals surface area contributed by atoms with Crippen LogP contribution >= 0.6 is 0 Å². The van der Waals surface area contributed by atoms with Gasteiger partial charge in [-0.25, -0.2) is 0 Å². The molecular formula is C11H15N3O5. The predicted molar refractivity (Wildman–Crippen MR) is 68.7 cm³/mol. The molecule has 0 aromatic heterocycles. The molecule has 19 heavy (non-hydrogen) atoms. The highest BCUT2D eigenvalue weighted by Gasteiger charge is 2.21.